The minimum Gasteiger partial charge on any atom is -0.473 e. The molecule has 0 spiro atoms. The normalized spacial score (nSPS) is 16.0. The molecule has 1 aliphatic heterocycles. The van der Waals surface area contributed by atoms with Crippen molar-refractivity contribution in [2.45, 2.75) is 31.5 Å². The molecule has 134 valence electrons. The summed E-state index contributed by atoms with van der Waals surface area (Å²) in [5.74, 6) is -0.243. The fourth-order valence-electron chi connectivity index (χ4n) is 2.85. The maximum atomic E-state index is 13.8. The van der Waals surface area contributed by atoms with Crippen LogP contribution in [-0.2, 0) is 12.8 Å². The second-order valence-electron chi connectivity index (χ2n) is 6.02. The van der Waals surface area contributed by atoms with Gasteiger partial charge in [0.2, 0.25) is 5.88 Å². The van der Waals surface area contributed by atoms with E-state index in [2.05, 4.69) is 10.3 Å². The molecule has 1 aromatic heterocycles. The number of nitrogens with zero attached hydrogens (tertiary/aromatic N) is 1. The SMILES string of the molecule is Fc1cc(C(F)(F)F)ccc1COc1cccc(C2CCNCC2)n1. The van der Waals surface area contributed by atoms with Crippen LogP contribution in [0.1, 0.15) is 35.6 Å². The number of piperidine rings is 1. The molecular weight excluding hydrogens is 336 g/mol. The zero-order valence-electron chi connectivity index (χ0n) is 13.4. The summed E-state index contributed by atoms with van der Waals surface area (Å²) in [6, 6.07) is 7.84. The first-order valence-electron chi connectivity index (χ1n) is 8.09. The molecule has 3 rings (SSSR count). The van der Waals surface area contributed by atoms with E-state index in [-0.39, 0.29) is 12.2 Å². The van der Waals surface area contributed by atoms with Crippen LogP contribution in [0.25, 0.3) is 0 Å². The molecule has 0 atom stereocenters. The van der Waals surface area contributed by atoms with E-state index in [1.807, 2.05) is 12.1 Å². The van der Waals surface area contributed by atoms with Crippen molar-refractivity contribution in [1.29, 1.82) is 0 Å². The van der Waals surface area contributed by atoms with Crippen LogP contribution >= 0.6 is 0 Å². The van der Waals surface area contributed by atoms with Crippen molar-refractivity contribution in [2.75, 3.05) is 13.1 Å². The average molecular weight is 354 g/mol. The number of pyridine rings is 1. The molecule has 1 saturated heterocycles. The van der Waals surface area contributed by atoms with Crippen LogP contribution in [0.3, 0.4) is 0 Å². The molecule has 7 heteroatoms. The lowest BCUT2D eigenvalue weighted by molar-refractivity contribution is -0.137. The zero-order chi connectivity index (χ0) is 17.9. The highest BCUT2D eigenvalue weighted by atomic mass is 19.4. The Morgan fingerprint density at radius 1 is 1.12 bits per heavy atom. The molecule has 2 heterocycles. The van der Waals surface area contributed by atoms with Crippen molar-refractivity contribution in [2.24, 2.45) is 0 Å². The number of benzene rings is 1. The summed E-state index contributed by atoms with van der Waals surface area (Å²) in [7, 11) is 0. The van der Waals surface area contributed by atoms with Gasteiger partial charge in [-0.1, -0.05) is 12.1 Å². The van der Waals surface area contributed by atoms with E-state index in [0.29, 0.717) is 17.9 Å². The van der Waals surface area contributed by atoms with Crippen LogP contribution < -0.4 is 10.1 Å². The highest BCUT2D eigenvalue weighted by molar-refractivity contribution is 5.27. The first-order chi connectivity index (χ1) is 11.9. The molecule has 2 aromatic rings. The van der Waals surface area contributed by atoms with Gasteiger partial charge in [-0.25, -0.2) is 9.37 Å². The van der Waals surface area contributed by atoms with Crippen molar-refractivity contribution >= 4 is 0 Å². The summed E-state index contributed by atoms with van der Waals surface area (Å²) in [6.07, 6.45) is -2.58. The molecule has 1 N–H and O–H groups in total. The van der Waals surface area contributed by atoms with Gasteiger partial charge in [-0.15, -0.1) is 0 Å². The van der Waals surface area contributed by atoms with Gasteiger partial charge in [0.15, 0.2) is 0 Å². The Bertz CT molecular complexity index is 727. The molecule has 1 fully saturated rings. The van der Waals surface area contributed by atoms with Gasteiger partial charge >= 0.3 is 6.18 Å². The van der Waals surface area contributed by atoms with Crippen LogP contribution in [0.4, 0.5) is 17.6 Å². The van der Waals surface area contributed by atoms with Gasteiger partial charge in [0.25, 0.3) is 0 Å². The predicted molar refractivity (Wildman–Crippen MR) is 84.8 cm³/mol. The van der Waals surface area contributed by atoms with Gasteiger partial charge in [-0.3, -0.25) is 0 Å². The lowest BCUT2D eigenvalue weighted by Crippen LogP contribution is -2.27. The standard InChI is InChI=1S/C18H18F4N2O/c19-15-10-14(18(20,21)22)5-4-13(15)11-25-17-3-1-2-16(24-17)12-6-8-23-9-7-12/h1-5,10,12,23H,6-9,11H2. The molecular formula is C18H18F4N2O. The average Bonchev–Trinajstić information content (AvgIpc) is 2.61. The van der Waals surface area contributed by atoms with Crippen LogP contribution in [0.2, 0.25) is 0 Å². The van der Waals surface area contributed by atoms with Gasteiger partial charge in [-0.2, -0.15) is 13.2 Å². The van der Waals surface area contributed by atoms with Crippen LogP contribution in [0, 0.1) is 5.82 Å². The molecule has 0 bridgehead atoms. The van der Waals surface area contributed by atoms with E-state index in [1.54, 1.807) is 6.07 Å². The Morgan fingerprint density at radius 2 is 1.88 bits per heavy atom. The Morgan fingerprint density at radius 3 is 2.56 bits per heavy atom. The van der Waals surface area contributed by atoms with Crippen LogP contribution in [0.15, 0.2) is 36.4 Å². The molecule has 3 nitrogen and oxygen atoms in total. The fourth-order valence-corrected chi connectivity index (χ4v) is 2.85. The predicted octanol–water partition coefficient (Wildman–Crippen LogP) is 4.29. The number of halogens is 4. The highest BCUT2D eigenvalue weighted by Crippen LogP contribution is 2.30. The second-order valence-corrected chi connectivity index (χ2v) is 6.02. The molecule has 0 aliphatic carbocycles. The van der Waals surface area contributed by atoms with E-state index in [4.69, 9.17) is 4.74 Å². The van der Waals surface area contributed by atoms with Gasteiger partial charge < -0.3 is 10.1 Å². The van der Waals surface area contributed by atoms with E-state index in [9.17, 15) is 17.6 Å². The quantitative estimate of drug-likeness (QED) is 0.832. The number of nitrogens with one attached hydrogen (secondary N) is 1. The zero-order valence-corrected chi connectivity index (χ0v) is 13.4. The maximum absolute atomic E-state index is 13.8. The van der Waals surface area contributed by atoms with E-state index < -0.39 is 17.6 Å². The van der Waals surface area contributed by atoms with E-state index >= 15 is 0 Å². The lowest BCUT2D eigenvalue weighted by atomic mass is 9.94. The molecule has 1 aliphatic rings. The summed E-state index contributed by atoms with van der Waals surface area (Å²) in [5.41, 5.74) is -0.0336. The Labute approximate surface area is 143 Å². The van der Waals surface area contributed by atoms with Crippen molar-refractivity contribution < 1.29 is 22.3 Å². The fraction of sp³-hybridized carbons (Fsp3) is 0.389. The monoisotopic (exact) mass is 354 g/mol. The summed E-state index contributed by atoms with van der Waals surface area (Å²) in [6.45, 7) is 1.70. The number of hydrogen-bond donors (Lipinski definition) is 1. The molecule has 0 saturated carbocycles. The van der Waals surface area contributed by atoms with Gasteiger partial charge in [0, 0.05) is 23.2 Å². The second kappa shape index (κ2) is 7.39. The first-order valence-corrected chi connectivity index (χ1v) is 8.09. The Balaban J connectivity index is 1.67. The van der Waals surface area contributed by atoms with Crippen molar-refractivity contribution in [3.8, 4) is 5.88 Å². The summed E-state index contributed by atoms with van der Waals surface area (Å²) >= 11 is 0. The number of alkyl halides is 3. The van der Waals surface area contributed by atoms with Crippen LogP contribution in [-0.4, -0.2) is 18.1 Å². The number of aromatic nitrogens is 1. The van der Waals surface area contributed by atoms with E-state index in [0.717, 1.165) is 43.8 Å². The third-order valence-corrected chi connectivity index (χ3v) is 4.26. The molecule has 1 aromatic carbocycles. The topological polar surface area (TPSA) is 34.1 Å². The molecule has 0 amide bonds. The van der Waals surface area contributed by atoms with Gasteiger partial charge in [0.05, 0.1) is 5.56 Å². The minimum atomic E-state index is -4.56. The van der Waals surface area contributed by atoms with Gasteiger partial charge in [0.1, 0.15) is 12.4 Å². The third-order valence-electron chi connectivity index (χ3n) is 4.26. The van der Waals surface area contributed by atoms with Crippen LogP contribution in [0.5, 0.6) is 5.88 Å². The third kappa shape index (κ3) is 4.48. The first kappa shape index (κ1) is 17.7. The number of ether oxygens (including phenoxy) is 1. The molecule has 0 radical (unpaired) electrons. The minimum absolute atomic E-state index is 0.0575. The summed E-state index contributed by atoms with van der Waals surface area (Å²) < 4.78 is 57.0. The smallest absolute Gasteiger partial charge is 0.416 e. The van der Waals surface area contributed by atoms with Gasteiger partial charge in [-0.05, 0) is 44.1 Å². The Hall–Kier alpha value is -2.15. The lowest BCUT2D eigenvalue weighted by Gasteiger charge is -2.22. The Kier molecular flexibility index (Phi) is 5.22. The highest BCUT2D eigenvalue weighted by Gasteiger charge is 2.31. The van der Waals surface area contributed by atoms with Crippen molar-refractivity contribution in [1.82, 2.24) is 10.3 Å². The summed E-state index contributed by atoms with van der Waals surface area (Å²) in [4.78, 5) is 4.45. The van der Waals surface area contributed by atoms with E-state index in [1.165, 1.54) is 0 Å². The number of rotatable bonds is 4. The maximum Gasteiger partial charge on any atom is 0.416 e. The van der Waals surface area contributed by atoms with Crippen molar-refractivity contribution in [3.05, 3.63) is 59.0 Å². The number of hydrogen-bond acceptors (Lipinski definition) is 3. The summed E-state index contributed by atoms with van der Waals surface area (Å²) in [5, 5.41) is 3.29. The molecule has 0 unspecified atom stereocenters. The molecule has 25 heavy (non-hydrogen) atoms. The largest absolute Gasteiger partial charge is 0.473 e. The van der Waals surface area contributed by atoms with Crippen molar-refractivity contribution in [3.63, 3.8) is 0 Å².